The van der Waals surface area contributed by atoms with E-state index in [0.717, 1.165) is 5.56 Å². The lowest BCUT2D eigenvalue weighted by molar-refractivity contribution is -0.145. The van der Waals surface area contributed by atoms with Crippen molar-refractivity contribution in [1.29, 1.82) is 0 Å². The van der Waals surface area contributed by atoms with Gasteiger partial charge in [0.25, 0.3) is 0 Å². The Morgan fingerprint density at radius 2 is 1.50 bits per heavy atom. The first kappa shape index (κ1) is 28.8. The van der Waals surface area contributed by atoms with Crippen molar-refractivity contribution in [1.82, 2.24) is 0 Å². The van der Waals surface area contributed by atoms with Gasteiger partial charge >= 0.3 is 12.1 Å². The van der Waals surface area contributed by atoms with Gasteiger partial charge in [0.15, 0.2) is 5.78 Å². The summed E-state index contributed by atoms with van der Waals surface area (Å²) in [5.74, 6) is -0.788. The minimum absolute atomic E-state index is 0.0580. The molecule has 2 N–H and O–H groups in total. The molecule has 186 valence electrons. The topological polar surface area (TPSA) is 105 Å². The van der Waals surface area contributed by atoms with Crippen LogP contribution in [-0.4, -0.2) is 42.8 Å². The van der Waals surface area contributed by atoms with Crippen molar-refractivity contribution >= 4 is 17.8 Å². The van der Waals surface area contributed by atoms with Gasteiger partial charge in [0.1, 0.15) is 0 Å². The van der Waals surface area contributed by atoms with Crippen molar-refractivity contribution in [2.75, 3.05) is 13.2 Å². The molecule has 2 aromatic carbocycles. The number of amides is 1. The van der Waals surface area contributed by atoms with Gasteiger partial charge in [0, 0.05) is 17.5 Å². The highest BCUT2D eigenvalue weighted by Crippen LogP contribution is 2.20. The first-order valence-electron chi connectivity index (χ1n) is 11.4. The number of primary amides is 1. The van der Waals surface area contributed by atoms with Crippen LogP contribution in [0.2, 0.25) is 0 Å². The van der Waals surface area contributed by atoms with Crippen molar-refractivity contribution in [2.45, 2.75) is 65.6 Å². The third-order valence-electron chi connectivity index (χ3n) is 4.46. The molecule has 0 aliphatic carbocycles. The van der Waals surface area contributed by atoms with E-state index in [1.54, 1.807) is 51.1 Å². The quantitative estimate of drug-likeness (QED) is 0.304. The number of carbonyl (C=O) groups excluding carboxylic acids is 3. The number of nitrogens with two attached hydrogens (primary N) is 1. The van der Waals surface area contributed by atoms with Crippen LogP contribution in [0.15, 0.2) is 54.6 Å². The number of esters is 1. The van der Waals surface area contributed by atoms with E-state index < -0.39 is 12.0 Å². The maximum absolute atomic E-state index is 12.6. The lowest BCUT2D eigenvalue weighted by Gasteiger charge is -2.19. The molecule has 0 radical (unpaired) electrons. The van der Waals surface area contributed by atoms with Gasteiger partial charge in [0.05, 0.1) is 30.8 Å². The molecule has 7 heteroatoms. The number of carbonyl (C=O) groups is 3. The Labute approximate surface area is 202 Å². The number of benzene rings is 2. The second kappa shape index (κ2) is 14.2. The molecule has 2 rings (SSSR count). The summed E-state index contributed by atoms with van der Waals surface area (Å²) in [6, 6.07) is 16.3. The Balaban J connectivity index is 0.000000718. The van der Waals surface area contributed by atoms with Crippen LogP contribution < -0.4 is 5.73 Å². The van der Waals surface area contributed by atoms with E-state index in [2.05, 4.69) is 10.5 Å². The summed E-state index contributed by atoms with van der Waals surface area (Å²) < 4.78 is 15.4. The Morgan fingerprint density at radius 3 is 2.03 bits per heavy atom. The van der Waals surface area contributed by atoms with Crippen LogP contribution in [0.5, 0.6) is 0 Å². The zero-order chi connectivity index (χ0) is 25.7. The van der Waals surface area contributed by atoms with Crippen molar-refractivity contribution < 1.29 is 28.6 Å². The molecule has 0 bridgehead atoms. The molecule has 0 saturated heterocycles. The highest BCUT2D eigenvalue weighted by Gasteiger charge is 2.19. The lowest BCUT2D eigenvalue weighted by Crippen LogP contribution is -2.21. The molecule has 1 atom stereocenters. The maximum Gasteiger partial charge on any atom is 0.404 e. The Hall–Kier alpha value is -3.19. The van der Waals surface area contributed by atoms with Gasteiger partial charge in [-0.15, -0.1) is 0 Å². The zero-order valence-electron chi connectivity index (χ0n) is 21.0. The average Bonchev–Trinajstić information content (AvgIpc) is 2.77. The number of ether oxygens (including phenoxy) is 3. The fourth-order valence-electron chi connectivity index (χ4n) is 2.81. The van der Waals surface area contributed by atoms with E-state index in [0.29, 0.717) is 30.8 Å². The summed E-state index contributed by atoms with van der Waals surface area (Å²) in [7, 11) is 0. The van der Waals surface area contributed by atoms with Crippen molar-refractivity contribution in [3.8, 4) is 0 Å². The second-order valence-electron chi connectivity index (χ2n) is 9.01. The predicted octanol–water partition coefficient (Wildman–Crippen LogP) is 5.26. The smallest absolute Gasteiger partial charge is 0.404 e. The van der Waals surface area contributed by atoms with Crippen LogP contribution in [0.1, 0.15) is 75.4 Å². The van der Waals surface area contributed by atoms with Gasteiger partial charge in [-0.3, -0.25) is 9.59 Å². The number of rotatable bonds is 9. The summed E-state index contributed by atoms with van der Waals surface area (Å²) in [5, 5.41) is 0. The van der Waals surface area contributed by atoms with Crippen LogP contribution in [0.4, 0.5) is 4.79 Å². The first-order valence-corrected chi connectivity index (χ1v) is 11.4. The van der Waals surface area contributed by atoms with E-state index in [-0.39, 0.29) is 23.5 Å². The average molecular weight is 472 g/mol. The van der Waals surface area contributed by atoms with Gasteiger partial charge in [-0.25, -0.2) is 4.79 Å². The zero-order valence-corrected chi connectivity index (χ0v) is 21.0. The summed E-state index contributed by atoms with van der Waals surface area (Å²) in [6.45, 7) is 12.1. The normalized spacial score (nSPS) is 11.7. The van der Waals surface area contributed by atoms with Gasteiger partial charge in [-0.05, 0) is 53.2 Å². The SMILES string of the molecule is CC(C(=O)OCCCOC(C)(C)C)c1cccc(C(=O)c2ccccc2)c1.CC(C)OC(N)=O. The maximum atomic E-state index is 12.6. The van der Waals surface area contributed by atoms with Crippen LogP contribution in [0.3, 0.4) is 0 Å². The molecular formula is C27H37NO6. The molecular weight excluding hydrogens is 434 g/mol. The first-order chi connectivity index (χ1) is 15.9. The molecule has 34 heavy (non-hydrogen) atoms. The molecule has 0 saturated carbocycles. The third kappa shape index (κ3) is 11.6. The molecule has 0 fully saturated rings. The minimum atomic E-state index is -0.713. The molecule has 0 heterocycles. The molecule has 1 amide bonds. The van der Waals surface area contributed by atoms with Crippen LogP contribution in [0.25, 0.3) is 0 Å². The Bertz CT molecular complexity index is 918. The monoisotopic (exact) mass is 471 g/mol. The number of ketones is 1. The Kier molecular flexibility index (Phi) is 12.0. The Morgan fingerprint density at radius 1 is 0.882 bits per heavy atom. The van der Waals surface area contributed by atoms with Crippen LogP contribution >= 0.6 is 0 Å². The number of hydrogen-bond acceptors (Lipinski definition) is 6. The summed E-state index contributed by atoms with van der Waals surface area (Å²) in [6.07, 6.45) is -0.157. The lowest BCUT2D eigenvalue weighted by atomic mass is 9.96. The van der Waals surface area contributed by atoms with Crippen LogP contribution in [0, 0.1) is 0 Å². The molecule has 0 aromatic heterocycles. The van der Waals surface area contributed by atoms with E-state index in [1.165, 1.54) is 0 Å². The fourth-order valence-corrected chi connectivity index (χ4v) is 2.81. The molecule has 0 aliphatic heterocycles. The van der Waals surface area contributed by atoms with Crippen molar-refractivity contribution in [3.63, 3.8) is 0 Å². The van der Waals surface area contributed by atoms with Crippen LogP contribution in [-0.2, 0) is 19.0 Å². The molecule has 0 aliphatic rings. The largest absolute Gasteiger partial charge is 0.465 e. The molecule has 2 aromatic rings. The second-order valence-corrected chi connectivity index (χ2v) is 9.01. The molecule has 1 unspecified atom stereocenters. The van der Waals surface area contributed by atoms with Gasteiger partial charge in [-0.2, -0.15) is 0 Å². The van der Waals surface area contributed by atoms with Crippen molar-refractivity contribution in [3.05, 3.63) is 71.3 Å². The van der Waals surface area contributed by atoms with E-state index in [9.17, 15) is 14.4 Å². The molecule has 0 spiro atoms. The van der Waals surface area contributed by atoms with E-state index >= 15 is 0 Å². The van der Waals surface area contributed by atoms with Gasteiger partial charge in [0.2, 0.25) is 0 Å². The van der Waals surface area contributed by atoms with Gasteiger partial charge < -0.3 is 19.9 Å². The standard InChI is InChI=1S/C23H28O4.C4H9NO2/c1-17(22(25)26-14-9-15-27-23(2,3)4)19-12-8-13-20(16-19)21(24)18-10-6-5-7-11-18;1-3(2)7-4(5)6/h5-8,10-13,16-17H,9,14-15H2,1-4H3;3H,1-2H3,(H2,5,6). The number of hydrogen-bond donors (Lipinski definition) is 1. The van der Waals surface area contributed by atoms with Crippen molar-refractivity contribution in [2.24, 2.45) is 5.73 Å². The van der Waals surface area contributed by atoms with E-state index in [1.807, 2.05) is 45.0 Å². The fraction of sp³-hybridized carbons (Fsp3) is 0.444. The molecule has 7 nitrogen and oxygen atoms in total. The summed E-state index contributed by atoms with van der Waals surface area (Å²) >= 11 is 0. The highest BCUT2D eigenvalue weighted by atomic mass is 16.6. The van der Waals surface area contributed by atoms with Gasteiger partial charge in [-0.1, -0.05) is 48.5 Å². The van der Waals surface area contributed by atoms with E-state index in [4.69, 9.17) is 9.47 Å². The summed E-state index contributed by atoms with van der Waals surface area (Å²) in [4.78, 5) is 34.7. The third-order valence-corrected chi connectivity index (χ3v) is 4.46. The summed E-state index contributed by atoms with van der Waals surface area (Å²) in [5.41, 5.74) is 6.41. The predicted molar refractivity (Wildman–Crippen MR) is 132 cm³/mol. The minimum Gasteiger partial charge on any atom is -0.465 e. The highest BCUT2D eigenvalue weighted by molar-refractivity contribution is 6.09.